The normalized spacial score (nSPS) is 20.9. The maximum absolute atomic E-state index is 9.72. The lowest BCUT2D eigenvalue weighted by atomic mass is 9.75. The summed E-state index contributed by atoms with van der Waals surface area (Å²) in [6, 6.07) is 12.9. The molecule has 0 saturated heterocycles. The first-order valence-electron chi connectivity index (χ1n) is 7.35. The minimum atomic E-state index is 0.373. The molecule has 3 rings (SSSR count). The van der Waals surface area contributed by atoms with Crippen LogP contribution in [0.5, 0.6) is 5.75 Å². The van der Waals surface area contributed by atoms with Gasteiger partial charge in [-0.3, -0.25) is 0 Å². The molecule has 1 aliphatic rings. The van der Waals surface area contributed by atoms with Gasteiger partial charge in [-0.25, -0.2) is 0 Å². The van der Waals surface area contributed by atoms with E-state index in [2.05, 4.69) is 45.5 Å². The molecule has 0 unspecified atom stereocenters. The van der Waals surface area contributed by atoms with Crippen molar-refractivity contribution in [2.45, 2.75) is 38.6 Å². The van der Waals surface area contributed by atoms with Crippen LogP contribution in [0.25, 0.3) is 0 Å². The molecule has 0 radical (unpaired) electrons. The molecule has 1 saturated carbocycles. The van der Waals surface area contributed by atoms with Crippen molar-refractivity contribution in [3.05, 3.63) is 57.6 Å². The highest BCUT2D eigenvalue weighted by Crippen LogP contribution is 2.41. The molecule has 0 bridgehead atoms. The lowest BCUT2D eigenvalue weighted by Gasteiger charge is -2.37. The van der Waals surface area contributed by atoms with E-state index in [4.69, 9.17) is 0 Å². The summed E-state index contributed by atoms with van der Waals surface area (Å²) in [7, 11) is 0. The van der Waals surface area contributed by atoms with Crippen LogP contribution in [0.1, 0.15) is 35.4 Å². The first-order chi connectivity index (χ1) is 10.0. The van der Waals surface area contributed by atoms with Crippen molar-refractivity contribution in [2.24, 2.45) is 0 Å². The summed E-state index contributed by atoms with van der Waals surface area (Å²) in [6.07, 6.45) is 2.31. The highest BCUT2D eigenvalue weighted by Gasteiger charge is 2.31. The van der Waals surface area contributed by atoms with E-state index in [0.29, 0.717) is 17.7 Å². The molecule has 2 aromatic carbocycles. The van der Waals surface area contributed by atoms with Crippen LogP contribution in [0.4, 0.5) is 5.69 Å². The van der Waals surface area contributed by atoms with Gasteiger partial charge in [0.15, 0.2) is 0 Å². The molecule has 0 amide bonds. The first-order valence-corrected chi connectivity index (χ1v) is 8.15. The summed E-state index contributed by atoms with van der Waals surface area (Å²) in [4.78, 5) is 0. The van der Waals surface area contributed by atoms with Crippen LogP contribution >= 0.6 is 15.9 Å². The maximum atomic E-state index is 9.72. The average Bonchev–Trinajstić information content (AvgIpc) is 2.40. The fourth-order valence-corrected chi connectivity index (χ4v) is 3.58. The predicted molar refractivity (Wildman–Crippen MR) is 91.1 cm³/mol. The van der Waals surface area contributed by atoms with Crippen molar-refractivity contribution in [2.75, 3.05) is 5.32 Å². The summed E-state index contributed by atoms with van der Waals surface area (Å²) in [5, 5.41) is 13.3. The number of halogens is 1. The van der Waals surface area contributed by atoms with Gasteiger partial charge in [0, 0.05) is 16.2 Å². The zero-order chi connectivity index (χ0) is 15.0. The summed E-state index contributed by atoms with van der Waals surface area (Å²) < 4.78 is 1.21. The van der Waals surface area contributed by atoms with Crippen LogP contribution in [0.15, 0.2) is 40.9 Å². The first kappa shape index (κ1) is 14.5. The lowest BCUT2D eigenvalue weighted by Crippen LogP contribution is -2.34. The number of benzene rings is 2. The molecule has 21 heavy (non-hydrogen) atoms. The van der Waals surface area contributed by atoms with E-state index >= 15 is 0 Å². The summed E-state index contributed by atoms with van der Waals surface area (Å²) >= 11 is 3.64. The van der Waals surface area contributed by atoms with Gasteiger partial charge in [0.25, 0.3) is 0 Å². The minimum absolute atomic E-state index is 0.373. The molecule has 3 heteroatoms. The Morgan fingerprint density at radius 1 is 1.10 bits per heavy atom. The van der Waals surface area contributed by atoms with Gasteiger partial charge in [-0.05, 0) is 67.5 Å². The van der Waals surface area contributed by atoms with Crippen molar-refractivity contribution >= 4 is 21.6 Å². The molecule has 2 N–H and O–H groups in total. The molecule has 2 nitrogen and oxygen atoms in total. The van der Waals surface area contributed by atoms with Crippen molar-refractivity contribution in [3.63, 3.8) is 0 Å². The molecule has 0 aromatic heterocycles. The number of nitrogens with one attached hydrogen (secondary N) is 1. The lowest BCUT2D eigenvalue weighted by molar-refractivity contribution is 0.373. The van der Waals surface area contributed by atoms with Crippen LogP contribution in [-0.4, -0.2) is 11.1 Å². The van der Waals surface area contributed by atoms with Gasteiger partial charge in [0.05, 0.1) is 0 Å². The number of phenolic OH excluding ortho intramolecular Hbond substituents is 1. The van der Waals surface area contributed by atoms with Gasteiger partial charge in [-0.1, -0.05) is 34.1 Å². The Morgan fingerprint density at radius 2 is 1.81 bits per heavy atom. The van der Waals surface area contributed by atoms with Crippen LogP contribution < -0.4 is 5.32 Å². The quantitative estimate of drug-likeness (QED) is 0.755. The SMILES string of the molecule is Cc1cc(NC2CC(c3ccccc3Br)C2)c(C)cc1O. The van der Waals surface area contributed by atoms with Gasteiger partial charge in [0.1, 0.15) is 5.75 Å². The average molecular weight is 346 g/mol. The number of hydrogen-bond acceptors (Lipinski definition) is 2. The number of aryl methyl sites for hydroxylation is 2. The molecule has 1 fully saturated rings. The van der Waals surface area contributed by atoms with Crippen LogP contribution in [0.2, 0.25) is 0 Å². The second-order valence-corrected chi connectivity index (χ2v) is 6.84. The highest BCUT2D eigenvalue weighted by molar-refractivity contribution is 9.10. The van der Waals surface area contributed by atoms with Crippen LogP contribution in [-0.2, 0) is 0 Å². The van der Waals surface area contributed by atoms with Gasteiger partial charge < -0.3 is 10.4 Å². The van der Waals surface area contributed by atoms with E-state index in [-0.39, 0.29) is 0 Å². The fraction of sp³-hybridized carbons (Fsp3) is 0.333. The summed E-state index contributed by atoms with van der Waals surface area (Å²) in [5.41, 5.74) is 4.57. The summed E-state index contributed by atoms with van der Waals surface area (Å²) in [5.74, 6) is 1.01. The number of hydrogen-bond donors (Lipinski definition) is 2. The molecular formula is C18H20BrNO. The Labute approximate surface area is 134 Å². The largest absolute Gasteiger partial charge is 0.508 e. The smallest absolute Gasteiger partial charge is 0.118 e. The van der Waals surface area contributed by atoms with Crippen molar-refractivity contribution in [1.29, 1.82) is 0 Å². The molecule has 2 aromatic rings. The Hall–Kier alpha value is -1.48. The van der Waals surface area contributed by atoms with E-state index in [1.165, 1.54) is 10.0 Å². The van der Waals surface area contributed by atoms with Crippen LogP contribution in [0, 0.1) is 13.8 Å². The number of rotatable bonds is 3. The zero-order valence-corrected chi connectivity index (χ0v) is 13.9. The van der Waals surface area contributed by atoms with Crippen LogP contribution in [0.3, 0.4) is 0 Å². The van der Waals surface area contributed by atoms with E-state index in [1.54, 1.807) is 0 Å². The molecular weight excluding hydrogens is 326 g/mol. The third kappa shape index (κ3) is 2.93. The monoisotopic (exact) mass is 345 g/mol. The molecule has 0 spiro atoms. The standard InChI is InChI=1S/C18H20BrNO/c1-11-8-18(21)12(2)7-17(11)20-14-9-13(10-14)15-5-3-4-6-16(15)19/h3-8,13-14,20-21H,9-10H2,1-2H3. The minimum Gasteiger partial charge on any atom is -0.508 e. The van der Waals surface area contributed by atoms with Gasteiger partial charge in [0.2, 0.25) is 0 Å². The second kappa shape index (κ2) is 5.72. The van der Waals surface area contributed by atoms with Gasteiger partial charge in [-0.15, -0.1) is 0 Å². The van der Waals surface area contributed by atoms with Crippen molar-refractivity contribution in [3.8, 4) is 5.75 Å². The van der Waals surface area contributed by atoms with Gasteiger partial charge in [-0.2, -0.15) is 0 Å². The zero-order valence-electron chi connectivity index (χ0n) is 12.4. The Kier molecular flexibility index (Phi) is 3.94. The fourth-order valence-electron chi connectivity index (χ4n) is 2.97. The number of anilines is 1. The summed E-state index contributed by atoms with van der Waals surface area (Å²) in [6.45, 7) is 3.97. The highest BCUT2D eigenvalue weighted by atomic mass is 79.9. The molecule has 0 heterocycles. The van der Waals surface area contributed by atoms with E-state index in [1.807, 2.05) is 26.0 Å². The van der Waals surface area contributed by atoms with Gasteiger partial charge >= 0.3 is 0 Å². The Morgan fingerprint density at radius 3 is 2.52 bits per heavy atom. The maximum Gasteiger partial charge on any atom is 0.118 e. The number of aromatic hydroxyl groups is 1. The molecule has 0 atom stereocenters. The Bertz CT molecular complexity index is 662. The number of phenols is 1. The van der Waals surface area contributed by atoms with E-state index in [0.717, 1.165) is 29.7 Å². The molecule has 0 aliphatic heterocycles. The predicted octanol–water partition coefficient (Wildman–Crippen LogP) is 5.13. The molecule has 110 valence electrons. The topological polar surface area (TPSA) is 32.3 Å². The third-order valence-corrected chi connectivity index (χ3v) is 5.11. The van der Waals surface area contributed by atoms with E-state index in [9.17, 15) is 5.11 Å². The Balaban J connectivity index is 1.65. The van der Waals surface area contributed by atoms with E-state index < -0.39 is 0 Å². The third-order valence-electron chi connectivity index (χ3n) is 4.39. The second-order valence-electron chi connectivity index (χ2n) is 5.98. The molecule has 1 aliphatic carbocycles. The van der Waals surface area contributed by atoms with Crippen molar-refractivity contribution < 1.29 is 5.11 Å². The van der Waals surface area contributed by atoms with Crippen molar-refractivity contribution in [1.82, 2.24) is 0 Å².